The third kappa shape index (κ3) is 7.22. The second-order valence-electron chi connectivity index (χ2n) is 8.12. The molecule has 3 heteroatoms. The van der Waals surface area contributed by atoms with Gasteiger partial charge in [-0.2, -0.15) is 0 Å². The van der Waals surface area contributed by atoms with E-state index >= 15 is 0 Å². The lowest BCUT2D eigenvalue weighted by Gasteiger charge is -2.29. The van der Waals surface area contributed by atoms with Gasteiger partial charge in [-0.3, -0.25) is 0 Å². The molecule has 27 heavy (non-hydrogen) atoms. The molecule has 1 saturated carbocycles. The molecule has 0 nitrogen and oxygen atoms in total. The molecule has 0 unspecified atom stereocenters. The van der Waals surface area contributed by atoms with Gasteiger partial charge in [0.25, 0.3) is 0 Å². The molecule has 0 aliphatic heterocycles. The van der Waals surface area contributed by atoms with Gasteiger partial charge in [0.1, 0.15) is 0 Å². The fourth-order valence-electron chi connectivity index (χ4n) is 4.39. The molecule has 0 aromatic heterocycles. The maximum absolute atomic E-state index is 14.6. The minimum Gasteiger partial charge on any atom is -0.203 e. The second-order valence-corrected chi connectivity index (χ2v) is 8.37. The van der Waals surface area contributed by atoms with Crippen LogP contribution in [0.3, 0.4) is 0 Å². The first-order valence-corrected chi connectivity index (χ1v) is 11.3. The van der Waals surface area contributed by atoms with Gasteiger partial charge in [0.15, 0.2) is 11.6 Å². The molecule has 0 heterocycles. The van der Waals surface area contributed by atoms with E-state index in [-0.39, 0.29) is 5.92 Å². The SMILES string of the molecule is CCCCCCCCC1CCC(c2ccc(CC/C=C/Cl)c(F)c2F)CC1. The van der Waals surface area contributed by atoms with Crippen LogP contribution in [0.1, 0.15) is 101 Å². The fourth-order valence-corrected chi connectivity index (χ4v) is 4.52. The highest BCUT2D eigenvalue weighted by Gasteiger charge is 2.26. The Morgan fingerprint density at radius 3 is 2.37 bits per heavy atom. The van der Waals surface area contributed by atoms with E-state index in [9.17, 15) is 8.78 Å². The lowest BCUT2D eigenvalue weighted by atomic mass is 9.76. The molecule has 1 aromatic rings. The number of unbranched alkanes of at least 4 members (excludes halogenated alkanes) is 5. The van der Waals surface area contributed by atoms with Crippen LogP contribution < -0.4 is 0 Å². The molecular weight excluding hydrogens is 362 g/mol. The predicted octanol–water partition coefficient (Wildman–Crippen LogP) is 8.67. The third-order valence-electron chi connectivity index (χ3n) is 6.11. The molecule has 1 aliphatic rings. The minimum absolute atomic E-state index is 0.178. The molecule has 0 bridgehead atoms. The molecular formula is C24H35ClF2. The zero-order chi connectivity index (χ0) is 19.5. The highest BCUT2D eigenvalue weighted by Crippen LogP contribution is 2.39. The van der Waals surface area contributed by atoms with Crippen LogP contribution in [-0.2, 0) is 6.42 Å². The lowest BCUT2D eigenvalue weighted by Crippen LogP contribution is -2.15. The van der Waals surface area contributed by atoms with Crippen LogP contribution in [0.25, 0.3) is 0 Å². The normalized spacial score (nSPS) is 20.4. The summed E-state index contributed by atoms with van der Waals surface area (Å²) in [5.74, 6) is -0.328. The van der Waals surface area contributed by atoms with E-state index < -0.39 is 11.6 Å². The Kier molecular flexibility index (Phi) is 10.4. The summed E-state index contributed by atoms with van der Waals surface area (Å²) >= 11 is 5.49. The highest BCUT2D eigenvalue weighted by atomic mass is 35.5. The summed E-state index contributed by atoms with van der Waals surface area (Å²) < 4.78 is 29.0. The van der Waals surface area contributed by atoms with Gasteiger partial charge in [-0.1, -0.05) is 81.7 Å². The Bertz CT molecular complexity index is 574. The first-order chi connectivity index (χ1) is 13.2. The Hall–Kier alpha value is -0.890. The summed E-state index contributed by atoms with van der Waals surface area (Å²) in [6, 6.07) is 3.58. The van der Waals surface area contributed by atoms with Crippen LogP contribution in [0.2, 0.25) is 0 Å². The molecule has 0 atom stereocenters. The average molecular weight is 397 g/mol. The van der Waals surface area contributed by atoms with E-state index in [1.807, 2.05) is 6.07 Å². The van der Waals surface area contributed by atoms with Crippen molar-refractivity contribution in [1.29, 1.82) is 0 Å². The van der Waals surface area contributed by atoms with Crippen molar-refractivity contribution >= 4 is 11.6 Å². The van der Waals surface area contributed by atoms with Gasteiger partial charge in [-0.25, -0.2) is 8.78 Å². The maximum atomic E-state index is 14.6. The maximum Gasteiger partial charge on any atom is 0.162 e. The molecule has 1 aliphatic carbocycles. The van der Waals surface area contributed by atoms with Gasteiger partial charge < -0.3 is 0 Å². The largest absolute Gasteiger partial charge is 0.203 e. The summed E-state index contributed by atoms with van der Waals surface area (Å²) in [6.45, 7) is 2.25. The van der Waals surface area contributed by atoms with Crippen molar-refractivity contribution < 1.29 is 8.78 Å². The molecule has 0 spiro atoms. The van der Waals surface area contributed by atoms with Gasteiger partial charge in [-0.15, -0.1) is 0 Å². The first-order valence-electron chi connectivity index (χ1n) is 10.9. The number of aryl methyl sites for hydroxylation is 1. The van der Waals surface area contributed by atoms with Crippen molar-refractivity contribution in [1.82, 2.24) is 0 Å². The zero-order valence-corrected chi connectivity index (χ0v) is 17.5. The first kappa shape index (κ1) is 22.4. The summed E-state index contributed by atoms with van der Waals surface area (Å²) in [5.41, 5.74) is 2.46. The van der Waals surface area contributed by atoms with Gasteiger partial charge >= 0.3 is 0 Å². The Morgan fingerprint density at radius 1 is 0.963 bits per heavy atom. The molecule has 0 N–H and O–H groups in total. The van der Waals surface area contributed by atoms with Crippen molar-refractivity contribution in [2.45, 2.75) is 96.3 Å². The van der Waals surface area contributed by atoms with E-state index in [1.54, 1.807) is 12.1 Å². The third-order valence-corrected chi connectivity index (χ3v) is 6.29. The number of hydrogen-bond donors (Lipinski definition) is 0. The predicted molar refractivity (Wildman–Crippen MR) is 112 cm³/mol. The summed E-state index contributed by atoms with van der Waals surface area (Å²) in [7, 11) is 0. The topological polar surface area (TPSA) is 0 Å². The lowest BCUT2D eigenvalue weighted by molar-refractivity contribution is 0.296. The van der Waals surface area contributed by atoms with Crippen molar-refractivity contribution in [3.8, 4) is 0 Å². The number of halogens is 3. The number of rotatable bonds is 11. The molecule has 0 amide bonds. The van der Waals surface area contributed by atoms with Gasteiger partial charge in [0.05, 0.1) is 0 Å². The summed E-state index contributed by atoms with van der Waals surface area (Å²) in [6.07, 6.45) is 16.5. The van der Waals surface area contributed by atoms with Gasteiger partial charge in [0, 0.05) is 5.54 Å². The van der Waals surface area contributed by atoms with E-state index in [0.29, 0.717) is 24.0 Å². The average Bonchev–Trinajstić information content (AvgIpc) is 2.69. The van der Waals surface area contributed by atoms with E-state index in [2.05, 4.69) is 6.92 Å². The van der Waals surface area contributed by atoms with Crippen LogP contribution >= 0.6 is 11.6 Å². The molecule has 1 fully saturated rings. The summed E-state index contributed by atoms with van der Waals surface area (Å²) in [5, 5.41) is 0. The summed E-state index contributed by atoms with van der Waals surface area (Å²) in [4.78, 5) is 0. The highest BCUT2D eigenvalue weighted by molar-refractivity contribution is 6.25. The molecule has 1 aromatic carbocycles. The smallest absolute Gasteiger partial charge is 0.162 e. The Balaban J connectivity index is 1.79. The Labute approximate surface area is 169 Å². The zero-order valence-electron chi connectivity index (χ0n) is 16.8. The minimum atomic E-state index is -0.662. The number of benzene rings is 1. The Morgan fingerprint density at radius 2 is 1.67 bits per heavy atom. The van der Waals surface area contributed by atoms with Crippen molar-refractivity contribution in [3.63, 3.8) is 0 Å². The molecule has 0 saturated heterocycles. The van der Waals surface area contributed by atoms with E-state index in [1.165, 1.54) is 50.5 Å². The van der Waals surface area contributed by atoms with Crippen molar-refractivity contribution in [2.24, 2.45) is 5.92 Å². The van der Waals surface area contributed by atoms with E-state index in [0.717, 1.165) is 31.6 Å². The van der Waals surface area contributed by atoms with Crippen LogP contribution in [0.5, 0.6) is 0 Å². The number of hydrogen-bond acceptors (Lipinski definition) is 0. The fraction of sp³-hybridized carbons (Fsp3) is 0.667. The van der Waals surface area contributed by atoms with Crippen LogP contribution in [0, 0.1) is 17.6 Å². The standard InChI is InChI=1S/C24H35ClF2/c1-2-3-4-5-6-7-10-19-12-14-20(15-13-19)22-17-16-21(11-8-9-18-25)23(26)24(22)27/h9,16-20H,2-8,10-15H2,1H3/b18-9+. The molecule has 0 radical (unpaired) electrons. The molecule has 152 valence electrons. The quantitative estimate of drug-likeness (QED) is 0.328. The van der Waals surface area contributed by atoms with Crippen LogP contribution in [0.15, 0.2) is 23.7 Å². The van der Waals surface area contributed by atoms with Crippen LogP contribution in [-0.4, -0.2) is 0 Å². The monoisotopic (exact) mass is 396 g/mol. The van der Waals surface area contributed by atoms with E-state index in [4.69, 9.17) is 11.6 Å². The van der Waals surface area contributed by atoms with Gasteiger partial charge in [-0.05, 0) is 61.5 Å². The number of allylic oxidation sites excluding steroid dienone is 1. The second kappa shape index (κ2) is 12.5. The molecule has 2 rings (SSSR count). The van der Waals surface area contributed by atoms with Crippen molar-refractivity contribution in [2.75, 3.05) is 0 Å². The van der Waals surface area contributed by atoms with Crippen LogP contribution in [0.4, 0.5) is 8.78 Å². The van der Waals surface area contributed by atoms with Crippen molar-refractivity contribution in [3.05, 3.63) is 46.5 Å². The van der Waals surface area contributed by atoms with Gasteiger partial charge in [0.2, 0.25) is 0 Å².